The molecule has 0 aromatic heterocycles. The van der Waals surface area contributed by atoms with E-state index in [1.807, 2.05) is 98.8 Å². The molecule has 38 heavy (non-hydrogen) atoms. The lowest BCUT2D eigenvalue weighted by Gasteiger charge is -2.11. The lowest BCUT2D eigenvalue weighted by atomic mass is 10.1. The average Bonchev–Trinajstić information content (AvgIpc) is 2.93. The number of hydrogen-bond donors (Lipinski definition) is 2. The molecule has 0 aliphatic rings. The van der Waals surface area contributed by atoms with Crippen LogP contribution in [0.2, 0.25) is 0 Å². The molecule has 192 valence electrons. The highest BCUT2D eigenvalue weighted by Crippen LogP contribution is 2.29. The second-order valence-electron chi connectivity index (χ2n) is 8.36. The summed E-state index contributed by atoms with van der Waals surface area (Å²) in [6, 6.07) is 26.2. The van der Waals surface area contributed by atoms with Crippen LogP contribution in [0.1, 0.15) is 25.0 Å². The number of anilines is 2. The number of nitrogens with one attached hydrogen (secondary N) is 2. The monoisotopic (exact) mass is 506 g/mol. The van der Waals surface area contributed by atoms with E-state index in [9.17, 15) is 9.59 Å². The SMILES string of the molecule is CCOc1ccc(/C=C/C(=O)Nc2cccc3c(NC(=O)/C=C/c4ccc(OCC)cc4)cccc23)cc1. The number of rotatable bonds is 10. The third-order valence-corrected chi connectivity index (χ3v) is 5.67. The molecular formula is C32H30N2O4. The van der Waals surface area contributed by atoms with Crippen LogP contribution in [0.25, 0.3) is 22.9 Å². The zero-order valence-electron chi connectivity index (χ0n) is 21.4. The van der Waals surface area contributed by atoms with Crippen LogP contribution in [0.15, 0.2) is 97.1 Å². The van der Waals surface area contributed by atoms with Gasteiger partial charge >= 0.3 is 0 Å². The van der Waals surface area contributed by atoms with Crippen molar-refractivity contribution in [2.45, 2.75) is 13.8 Å². The maximum absolute atomic E-state index is 12.6. The van der Waals surface area contributed by atoms with Gasteiger partial charge in [0, 0.05) is 34.3 Å². The molecule has 2 N–H and O–H groups in total. The number of ether oxygens (including phenoxy) is 2. The van der Waals surface area contributed by atoms with Gasteiger partial charge in [0.25, 0.3) is 0 Å². The number of carbonyl (C=O) groups is 2. The van der Waals surface area contributed by atoms with Crippen LogP contribution in [0.5, 0.6) is 11.5 Å². The molecule has 0 aliphatic carbocycles. The molecular weight excluding hydrogens is 476 g/mol. The van der Waals surface area contributed by atoms with Crippen molar-refractivity contribution in [1.82, 2.24) is 0 Å². The van der Waals surface area contributed by atoms with Crippen LogP contribution >= 0.6 is 0 Å². The van der Waals surface area contributed by atoms with Crippen LogP contribution in [0, 0.1) is 0 Å². The van der Waals surface area contributed by atoms with Gasteiger partial charge in [0.1, 0.15) is 11.5 Å². The van der Waals surface area contributed by atoms with E-state index in [0.717, 1.165) is 33.4 Å². The zero-order chi connectivity index (χ0) is 26.7. The van der Waals surface area contributed by atoms with Crippen molar-refractivity contribution >= 4 is 46.1 Å². The van der Waals surface area contributed by atoms with Crippen LogP contribution in [-0.2, 0) is 9.59 Å². The summed E-state index contributed by atoms with van der Waals surface area (Å²) in [5, 5.41) is 7.53. The number of benzene rings is 4. The van der Waals surface area contributed by atoms with E-state index in [4.69, 9.17) is 9.47 Å². The Morgan fingerprint density at radius 3 is 1.37 bits per heavy atom. The second-order valence-corrected chi connectivity index (χ2v) is 8.36. The molecule has 2 amide bonds. The maximum atomic E-state index is 12.6. The van der Waals surface area contributed by atoms with Gasteiger partial charge in [0.15, 0.2) is 0 Å². The summed E-state index contributed by atoms with van der Waals surface area (Å²) in [4.78, 5) is 25.3. The molecule has 0 atom stereocenters. The molecule has 0 saturated heterocycles. The first-order chi connectivity index (χ1) is 18.6. The van der Waals surface area contributed by atoms with Crippen LogP contribution in [0.4, 0.5) is 11.4 Å². The van der Waals surface area contributed by atoms with E-state index in [1.54, 1.807) is 12.2 Å². The number of hydrogen-bond acceptors (Lipinski definition) is 4. The predicted octanol–water partition coefficient (Wildman–Crippen LogP) is 6.94. The Hall–Kier alpha value is -4.84. The highest BCUT2D eigenvalue weighted by molar-refractivity contribution is 6.12. The van der Waals surface area contributed by atoms with E-state index in [2.05, 4.69) is 10.6 Å². The van der Waals surface area contributed by atoms with Gasteiger partial charge in [-0.3, -0.25) is 9.59 Å². The van der Waals surface area contributed by atoms with Gasteiger partial charge in [-0.15, -0.1) is 0 Å². The van der Waals surface area contributed by atoms with Gasteiger partial charge in [-0.05, 0) is 73.5 Å². The molecule has 0 spiro atoms. The molecule has 4 aromatic rings. The summed E-state index contributed by atoms with van der Waals surface area (Å²) < 4.78 is 10.9. The molecule has 0 heterocycles. The molecule has 4 aromatic carbocycles. The van der Waals surface area contributed by atoms with Crippen molar-refractivity contribution in [3.63, 3.8) is 0 Å². The smallest absolute Gasteiger partial charge is 0.248 e. The molecule has 6 nitrogen and oxygen atoms in total. The molecule has 0 bridgehead atoms. The summed E-state index contributed by atoms with van der Waals surface area (Å²) in [7, 11) is 0. The van der Waals surface area contributed by atoms with E-state index >= 15 is 0 Å². The maximum Gasteiger partial charge on any atom is 0.248 e. The van der Waals surface area contributed by atoms with Gasteiger partial charge in [0.2, 0.25) is 11.8 Å². The fourth-order valence-electron chi connectivity index (χ4n) is 3.90. The third kappa shape index (κ3) is 7.11. The van der Waals surface area contributed by atoms with E-state index in [0.29, 0.717) is 24.6 Å². The fourth-order valence-corrected chi connectivity index (χ4v) is 3.90. The highest BCUT2D eigenvalue weighted by atomic mass is 16.5. The van der Waals surface area contributed by atoms with Crippen molar-refractivity contribution in [3.8, 4) is 11.5 Å². The number of carbonyl (C=O) groups excluding carboxylic acids is 2. The number of amides is 2. The Labute approximate surface area is 222 Å². The van der Waals surface area contributed by atoms with Gasteiger partial charge in [-0.2, -0.15) is 0 Å². The molecule has 0 unspecified atom stereocenters. The summed E-state index contributed by atoms with van der Waals surface area (Å²) in [5.41, 5.74) is 3.10. The predicted molar refractivity (Wildman–Crippen MR) is 154 cm³/mol. The molecule has 6 heteroatoms. The topological polar surface area (TPSA) is 76.7 Å². The molecule has 0 fully saturated rings. The Bertz CT molecular complexity index is 1340. The minimum atomic E-state index is -0.251. The van der Waals surface area contributed by atoms with Crippen molar-refractivity contribution in [2.75, 3.05) is 23.8 Å². The lowest BCUT2D eigenvalue weighted by Crippen LogP contribution is -2.10. The van der Waals surface area contributed by atoms with Gasteiger partial charge in [0.05, 0.1) is 13.2 Å². The second kappa shape index (κ2) is 12.9. The fraction of sp³-hybridized carbons (Fsp3) is 0.125. The lowest BCUT2D eigenvalue weighted by molar-refractivity contribution is -0.112. The summed E-state index contributed by atoms with van der Waals surface area (Å²) >= 11 is 0. The molecule has 4 rings (SSSR count). The Balaban J connectivity index is 1.43. The Kier molecular flexibility index (Phi) is 8.92. The van der Waals surface area contributed by atoms with E-state index < -0.39 is 0 Å². The normalized spacial score (nSPS) is 11.1. The number of fused-ring (bicyclic) bond motifs is 1. The summed E-state index contributed by atoms with van der Waals surface area (Å²) in [6.45, 7) is 5.08. The van der Waals surface area contributed by atoms with Crippen LogP contribution < -0.4 is 20.1 Å². The largest absolute Gasteiger partial charge is 0.494 e. The molecule has 0 aliphatic heterocycles. The van der Waals surface area contributed by atoms with Crippen LogP contribution in [0.3, 0.4) is 0 Å². The molecule has 0 saturated carbocycles. The Morgan fingerprint density at radius 2 is 1.00 bits per heavy atom. The highest BCUT2D eigenvalue weighted by Gasteiger charge is 2.08. The van der Waals surface area contributed by atoms with Crippen molar-refractivity contribution in [1.29, 1.82) is 0 Å². The minimum absolute atomic E-state index is 0.251. The average molecular weight is 507 g/mol. The van der Waals surface area contributed by atoms with Gasteiger partial charge < -0.3 is 20.1 Å². The van der Waals surface area contributed by atoms with Crippen LogP contribution in [-0.4, -0.2) is 25.0 Å². The summed E-state index contributed by atoms with van der Waals surface area (Å²) in [5.74, 6) is 1.08. The first kappa shape index (κ1) is 26.2. The third-order valence-electron chi connectivity index (χ3n) is 5.67. The first-order valence-electron chi connectivity index (χ1n) is 12.5. The van der Waals surface area contributed by atoms with Gasteiger partial charge in [-0.25, -0.2) is 0 Å². The first-order valence-corrected chi connectivity index (χ1v) is 12.5. The van der Waals surface area contributed by atoms with Crippen molar-refractivity contribution < 1.29 is 19.1 Å². The molecule has 0 radical (unpaired) electrons. The Morgan fingerprint density at radius 1 is 0.605 bits per heavy atom. The standard InChI is InChI=1S/C32H30N2O4/c1-3-37-25-17-11-23(12-18-25)15-21-31(35)33-29-9-5-8-28-27(29)7-6-10-30(28)34-32(36)22-16-24-13-19-26(20-14-24)38-4-2/h5-22H,3-4H2,1-2H3,(H,33,35)(H,34,36)/b21-15+,22-16+. The van der Waals surface area contributed by atoms with E-state index in [1.165, 1.54) is 12.2 Å². The van der Waals surface area contributed by atoms with E-state index in [-0.39, 0.29) is 11.8 Å². The van der Waals surface area contributed by atoms with Crippen molar-refractivity contribution in [2.24, 2.45) is 0 Å². The van der Waals surface area contributed by atoms with Gasteiger partial charge in [-0.1, -0.05) is 48.5 Å². The quantitative estimate of drug-likeness (QED) is 0.228. The zero-order valence-corrected chi connectivity index (χ0v) is 21.4. The summed E-state index contributed by atoms with van der Waals surface area (Å²) in [6.07, 6.45) is 6.48. The minimum Gasteiger partial charge on any atom is -0.494 e. The van der Waals surface area contributed by atoms with Crippen molar-refractivity contribution in [3.05, 3.63) is 108 Å².